The van der Waals surface area contributed by atoms with Crippen LogP contribution < -0.4 is 0 Å². The average Bonchev–Trinajstić information content (AvgIpc) is 2.73. The number of alkyl halides is 1. The fraction of sp³-hybridized carbons (Fsp3) is 0.294. The van der Waals surface area contributed by atoms with Crippen molar-refractivity contribution in [2.75, 3.05) is 14.2 Å². The first-order valence-corrected chi connectivity index (χ1v) is 8.23. The van der Waals surface area contributed by atoms with Crippen molar-refractivity contribution in [2.24, 2.45) is 0 Å². The van der Waals surface area contributed by atoms with E-state index in [0.29, 0.717) is 5.76 Å². The highest BCUT2D eigenvalue weighted by Gasteiger charge is 2.59. The summed E-state index contributed by atoms with van der Waals surface area (Å²) in [6, 6.07) is 9.91. The minimum Gasteiger partial charge on any atom is -0.498 e. The molecule has 1 aromatic rings. The summed E-state index contributed by atoms with van der Waals surface area (Å²) < 4.78 is 5.29. The predicted molar refractivity (Wildman–Crippen MR) is 91.7 cm³/mol. The summed E-state index contributed by atoms with van der Waals surface area (Å²) in [6.45, 7) is 0. The topological polar surface area (TPSA) is 46.6 Å². The van der Waals surface area contributed by atoms with E-state index in [9.17, 15) is 9.59 Å². The van der Waals surface area contributed by atoms with Crippen molar-refractivity contribution in [3.05, 3.63) is 59.9 Å². The van der Waals surface area contributed by atoms with Gasteiger partial charge in [-0.25, -0.2) is 0 Å². The molecule has 1 spiro atoms. The fourth-order valence-corrected chi connectivity index (χ4v) is 4.75. The monoisotopic (exact) mass is 409 g/mol. The predicted octanol–water partition coefficient (Wildman–Crippen LogP) is 2.45. The highest BCUT2D eigenvalue weighted by molar-refractivity contribution is 14.1. The molecule has 1 aromatic carbocycles. The number of hydrogen-bond donors (Lipinski definition) is 0. The van der Waals surface area contributed by atoms with Crippen molar-refractivity contribution in [3.8, 4) is 0 Å². The molecular weight excluding hydrogens is 393 g/mol. The van der Waals surface area contributed by atoms with E-state index in [4.69, 9.17) is 4.74 Å². The first-order chi connectivity index (χ1) is 10.5. The molecule has 1 aliphatic carbocycles. The Bertz CT molecular complexity index is 682. The number of ether oxygens (including phenoxy) is 1. The molecule has 5 heteroatoms. The van der Waals surface area contributed by atoms with Gasteiger partial charge >= 0.3 is 0 Å². The highest BCUT2D eigenvalue weighted by Crippen LogP contribution is 2.51. The zero-order valence-corrected chi connectivity index (χ0v) is 14.5. The van der Waals surface area contributed by atoms with Crippen LogP contribution in [0.5, 0.6) is 0 Å². The largest absolute Gasteiger partial charge is 0.498 e. The van der Waals surface area contributed by atoms with E-state index >= 15 is 0 Å². The number of likely N-dealkylation sites (tertiary alicyclic amines) is 1. The molecule has 1 aliphatic heterocycles. The van der Waals surface area contributed by atoms with E-state index in [1.54, 1.807) is 19.1 Å². The van der Waals surface area contributed by atoms with Gasteiger partial charge in [-0.3, -0.25) is 9.59 Å². The molecule has 1 saturated heterocycles. The van der Waals surface area contributed by atoms with Crippen LogP contribution in [0.3, 0.4) is 0 Å². The number of carbonyl (C=O) groups excluding carboxylic acids is 2. The number of halogens is 1. The summed E-state index contributed by atoms with van der Waals surface area (Å²) >= 11 is 2.19. The van der Waals surface area contributed by atoms with Crippen molar-refractivity contribution < 1.29 is 14.3 Å². The van der Waals surface area contributed by atoms with Gasteiger partial charge in [0.1, 0.15) is 11.3 Å². The number of benzene rings is 1. The number of allylic oxidation sites excluding steroid dienone is 2. The molecule has 114 valence electrons. The van der Waals surface area contributed by atoms with Crippen LogP contribution in [-0.4, -0.2) is 40.2 Å². The Kier molecular flexibility index (Phi) is 3.84. The van der Waals surface area contributed by atoms with Gasteiger partial charge in [-0.05, 0) is 17.7 Å². The molecule has 3 rings (SSSR count). The second-order valence-electron chi connectivity index (χ2n) is 5.46. The fourth-order valence-electron chi connectivity index (χ4n) is 3.37. The number of nitrogens with zero attached hydrogens (tertiary/aromatic N) is 1. The molecule has 2 aliphatic rings. The number of methoxy groups -OCH3 is 1. The van der Waals surface area contributed by atoms with Gasteiger partial charge < -0.3 is 9.64 Å². The van der Waals surface area contributed by atoms with Crippen molar-refractivity contribution in [1.29, 1.82) is 0 Å². The lowest BCUT2D eigenvalue weighted by Gasteiger charge is -2.40. The van der Waals surface area contributed by atoms with Gasteiger partial charge in [0.15, 0.2) is 5.78 Å². The van der Waals surface area contributed by atoms with Gasteiger partial charge in [-0.2, -0.15) is 0 Å². The number of carbonyl (C=O) groups is 2. The lowest BCUT2D eigenvalue weighted by atomic mass is 9.76. The highest BCUT2D eigenvalue weighted by atomic mass is 127. The summed E-state index contributed by atoms with van der Waals surface area (Å²) in [7, 11) is 3.31. The Morgan fingerprint density at radius 1 is 1.23 bits per heavy atom. The molecule has 0 N–H and O–H groups in total. The van der Waals surface area contributed by atoms with Gasteiger partial charge in [-0.1, -0.05) is 52.9 Å². The molecule has 3 atom stereocenters. The van der Waals surface area contributed by atoms with Crippen LogP contribution in [0.15, 0.2) is 54.3 Å². The molecule has 3 unspecified atom stereocenters. The van der Waals surface area contributed by atoms with Gasteiger partial charge in [0.2, 0.25) is 5.91 Å². The van der Waals surface area contributed by atoms with Crippen LogP contribution in [0.1, 0.15) is 11.5 Å². The van der Waals surface area contributed by atoms with E-state index in [1.807, 2.05) is 36.4 Å². The summed E-state index contributed by atoms with van der Waals surface area (Å²) in [4.78, 5) is 26.1. The molecule has 4 nitrogen and oxygen atoms in total. The van der Waals surface area contributed by atoms with E-state index in [0.717, 1.165) is 5.56 Å². The van der Waals surface area contributed by atoms with E-state index in [2.05, 4.69) is 22.6 Å². The molecule has 1 heterocycles. The third kappa shape index (κ3) is 2.02. The van der Waals surface area contributed by atoms with Crippen molar-refractivity contribution in [2.45, 2.75) is 15.4 Å². The van der Waals surface area contributed by atoms with Gasteiger partial charge in [0, 0.05) is 19.0 Å². The van der Waals surface area contributed by atoms with Crippen LogP contribution in [-0.2, 0) is 14.3 Å². The van der Waals surface area contributed by atoms with Crippen molar-refractivity contribution in [3.63, 3.8) is 0 Å². The van der Waals surface area contributed by atoms with Crippen LogP contribution in [0, 0.1) is 0 Å². The standard InChI is InChI=1S/C17H16INO3/c1-19-16(21)15(18)14(11-6-4-3-5-7-11)17(19)9-8-12(20)10-13(17)22-2/h3-10,14-15H,1-2H3. The maximum Gasteiger partial charge on any atom is 0.237 e. The molecule has 0 saturated carbocycles. The Morgan fingerprint density at radius 2 is 1.91 bits per heavy atom. The van der Waals surface area contributed by atoms with Gasteiger partial charge in [0.25, 0.3) is 0 Å². The maximum absolute atomic E-state index is 12.6. The number of hydrogen-bond acceptors (Lipinski definition) is 3. The van der Waals surface area contributed by atoms with Crippen molar-refractivity contribution in [1.82, 2.24) is 4.90 Å². The smallest absolute Gasteiger partial charge is 0.237 e. The zero-order valence-electron chi connectivity index (χ0n) is 12.3. The van der Waals surface area contributed by atoms with Crippen LogP contribution in [0.4, 0.5) is 0 Å². The van der Waals surface area contributed by atoms with Crippen LogP contribution >= 0.6 is 22.6 Å². The number of ketones is 1. The van der Waals surface area contributed by atoms with Crippen LogP contribution in [0.25, 0.3) is 0 Å². The quantitative estimate of drug-likeness (QED) is 0.557. The number of rotatable bonds is 2. The third-order valence-electron chi connectivity index (χ3n) is 4.44. The lowest BCUT2D eigenvalue weighted by molar-refractivity contribution is -0.128. The second-order valence-corrected chi connectivity index (χ2v) is 6.80. The summed E-state index contributed by atoms with van der Waals surface area (Å²) in [5, 5.41) is 0. The first-order valence-electron chi connectivity index (χ1n) is 6.98. The third-order valence-corrected chi connectivity index (χ3v) is 5.69. The number of likely N-dealkylation sites (N-methyl/N-ethyl adjacent to an activating group) is 1. The summed E-state index contributed by atoms with van der Waals surface area (Å²) in [5.41, 5.74) is 0.314. The second kappa shape index (κ2) is 5.53. The Balaban J connectivity index is 2.22. The van der Waals surface area contributed by atoms with E-state index in [1.165, 1.54) is 12.2 Å². The van der Waals surface area contributed by atoms with Gasteiger partial charge in [-0.15, -0.1) is 0 Å². The Morgan fingerprint density at radius 3 is 2.55 bits per heavy atom. The Hall–Kier alpha value is -1.63. The molecule has 0 bridgehead atoms. The lowest BCUT2D eigenvalue weighted by Crippen LogP contribution is -2.48. The zero-order chi connectivity index (χ0) is 15.9. The SMILES string of the molecule is COC1=CC(=O)C=CC12C(c1ccccc1)C(I)C(=O)N2C. The molecule has 0 radical (unpaired) electrons. The molecular formula is C17H16INO3. The first kappa shape index (κ1) is 15.3. The minimum absolute atomic E-state index is 0.0383. The molecule has 22 heavy (non-hydrogen) atoms. The molecule has 1 fully saturated rings. The van der Waals surface area contributed by atoms with E-state index in [-0.39, 0.29) is 21.5 Å². The molecule has 1 amide bonds. The number of amides is 1. The van der Waals surface area contributed by atoms with E-state index < -0.39 is 5.54 Å². The molecule has 0 aromatic heterocycles. The minimum atomic E-state index is -0.743. The van der Waals surface area contributed by atoms with Crippen molar-refractivity contribution >= 4 is 34.3 Å². The Labute approximate surface area is 143 Å². The summed E-state index contributed by atoms with van der Waals surface area (Å²) in [5.74, 6) is 0.328. The normalized spacial score (nSPS) is 30.9. The van der Waals surface area contributed by atoms with Gasteiger partial charge in [0.05, 0.1) is 11.0 Å². The summed E-state index contributed by atoms with van der Waals surface area (Å²) in [6.07, 6.45) is 4.81. The van der Waals surface area contributed by atoms with Crippen LogP contribution in [0.2, 0.25) is 0 Å². The average molecular weight is 409 g/mol. The maximum atomic E-state index is 12.6.